The molecule has 0 saturated heterocycles. The third-order valence-corrected chi connectivity index (χ3v) is 6.16. The summed E-state index contributed by atoms with van der Waals surface area (Å²) in [5.41, 5.74) is 3.03. The molecule has 0 amide bonds. The van der Waals surface area contributed by atoms with E-state index in [0.717, 1.165) is 12.8 Å². The van der Waals surface area contributed by atoms with Crippen molar-refractivity contribution < 1.29 is 10.5 Å². The van der Waals surface area contributed by atoms with Crippen LogP contribution in [0.3, 0.4) is 0 Å². The van der Waals surface area contributed by atoms with E-state index < -0.39 is 11.8 Å². The lowest BCUT2D eigenvalue weighted by Crippen LogP contribution is -2.20. The zero-order valence-electron chi connectivity index (χ0n) is 22.3. The summed E-state index contributed by atoms with van der Waals surface area (Å²) in [6, 6.07) is 10.3. The normalized spacial score (nSPS) is 15.5. The molecular weight excluding hydrogens is 469 g/mol. The summed E-state index contributed by atoms with van der Waals surface area (Å²) in [6.07, 6.45) is 5.35. The van der Waals surface area contributed by atoms with Crippen LogP contribution in [0.2, 0.25) is 0 Å². The van der Waals surface area contributed by atoms with Crippen LogP contribution in [0.15, 0.2) is 48.8 Å². The van der Waals surface area contributed by atoms with E-state index in [9.17, 15) is 11.0 Å². The van der Waals surface area contributed by atoms with E-state index in [2.05, 4.69) is 52.8 Å². The number of benzene rings is 2. The van der Waals surface area contributed by atoms with Crippen molar-refractivity contribution in [2.24, 2.45) is 5.41 Å². The number of nitriles is 1. The molecule has 0 aliphatic heterocycles. The second-order valence-corrected chi connectivity index (χ2v) is 10.5. The van der Waals surface area contributed by atoms with Crippen LogP contribution in [-0.4, -0.2) is 33.6 Å². The first kappa shape index (κ1) is 23.2. The Morgan fingerprint density at radius 1 is 1.27 bits per heavy atom. The average Bonchev–Trinajstić information content (AvgIpc) is 3.62. The molecule has 0 bridgehead atoms. The Balaban J connectivity index is 1.64. The number of hydrogen-bond donors (Lipinski definition) is 2. The number of pyridine rings is 1. The maximum atomic E-state index is 13.8. The number of ether oxygens (including phenoxy) is 1. The molecule has 2 aromatic heterocycles. The predicted octanol–water partition coefficient (Wildman–Crippen LogP) is 5.84. The average molecular weight is 501 g/mol. The van der Waals surface area contributed by atoms with Gasteiger partial charge in [-0.25, -0.2) is 9.07 Å². The van der Waals surface area contributed by atoms with E-state index >= 15 is 0 Å². The zero-order valence-corrected chi connectivity index (χ0v) is 21.3. The highest BCUT2D eigenvalue weighted by Crippen LogP contribution is 2.38. The van der Waals surface area contributed by atoms with Gasteiger partial charge in [-0.1, -0.05) is 38.1 Å². The molecule has 190 valence electrons. The van der Waals surface area contributed by atoms with Gasteiger partial charge in [0.05, 0.1) is 38.0 Å². The molecule has 0 radical (unpaired) electrons. The van der Waals surface area contributed by atoms with Crippen molar-refractivity contribution in [1.82, 2.24) is 20.0 Å². The van der Waals surface area contributed by atoms with Gasteiger partial charge in [0, 0.05) is 29.9 Å². The van der Waals surface area contributed by atoms with Crippen LogP contribution < -0.4 is 15.4 Å². The highest BCUT2D eigenvalue weighted by atomic mass is 19.1. The number of hydrogen-bond acceptors (Lipinski definition) is 7. The molecule has 2 aromatic carbocycles. The fourth-order valence-electron chi connectivity index (χ4n) is 4.08. The fourth-order valence-corrected chi connectivity index (χ4v) is 4.08. The third-order valence-electron chi connectivity index (χ3n) is 6.16. The van der Waals surface area contributed by atoms with Crippen LogP contribution in [0.25, 0.3) is 10.9 Å². The van der Waals surface area contributed by atoms with E-state index in [4.69, 9.17) is 4.74 Å². The van der Waals surface area contributed by atoms with Gasteiger partial charge in [0.1, 0.15) is 28.8 Å². The standard InChI is InChI=1S/C28H30FN7O/c1-28(2,3)16-32-25-18(13-30)14-31-27-22(25)11-20(12-24(27)37-4)33-26(17-5-7-19(29)8-6-17)23-15-36(35-34-23)21-9-10-21/h5-8,11-12,14-15,21,26,33H,9-10,16H2,1-4H3,(H,31,32)/i26D. The lowest BCUT2D eigenvalue weighted by atomic mass is 9.96. The summed E-state index contributed by atoms with van der Waals surface area (Å²) in [7, 11) is 1.55. The van der Waals surface area contributed by atoms with Gasteiger partial charge in [0.15, 0.2) is 0 Å². The molecule has 9 heteroatoms. The smallest absolute Gasteiger partial charge is 0.147 e. The first-order chi connectivity index (χ1) is 18.1. The summed E-state index contributed by atoms with van der Waals surface area (Å²) < 4.78 is 30.8. The van der Waals surface area contributed by atoms with Gasteiger partial charge in [0.2, 0.25) is 0 Å². The molecular formula is C28H30FN7O. The highest BCUT2D eigenvalue weighted by Gasteiger charge is 2.27. The summed E-state index contributed by atoms with van der Waals surface area (Å²) in [6.45, 7) is 6.95. The van der Waals surface area contributed by atoms with Gasteiger partial charge >= 0.3 is 0 Å². The lowest BCUT2D eigenvalue weighted by Gasteiger charge is -2.23. The van der Waals surface area contributed by atoms with Gasteiger partial charge in [-0.3, -0.25) is 4.98 Å². The molecule has 5 rings (SSSR count). The van der Waals surface area contributed by atoms with E-state index in [0.29, 0.717) is 57.4 Å². The summed E-state index contributed by atoms with van der Waals surface area (Å²) >= 11 is 0. The van der Waals surface area contributed by atoms with Crippen molar-refractivity contribution in [3.05, 3.63) is 71.4 Å². The number of aromatic nitrogens is 4. The molecule has 2 N–H and O–H groups in total. The lowest BCUT2D eigenvalue weighted by molar-refractivity contribution is 0.419. The van der Waals surface area contributed by atoms with Crippen molar-refractivity contribution in [3.8, 4) is 11.8 Å². The topological polar surface area (TPSA) is 101 Å². The molecule has 4 aromatic rings. The van der Waals surface area contributed by atoms with Gasteiger partial charge < -0.3 is 15.4 Å². The first-order valence-corrected chi connectivity index (χ1v) is 12.2. The van der Waals surface area contributed by atoms with Crippen molar-refractivity contribution in [3.63, 3.8) is 0 Å². The maximum Gasteiger partial charge on any atom is 0.147 e. The Hall–Kier alpha value is -4.19. The van der Waals surface area contributed by atoms with Gasteiger partial charge in [-0.05, 0) is 42.0 Å². The first-order valence-electron chi connectivity index (χ1n) is 12.7. The van der Waals surface area contributed by atoms with E-state index in [1.165, 1.54) is 18.3 Å². The van der Waals surface area contributed by atoms with Crippen LogP contribution >= 0.6 is 0 Å². The van der Waals surface area contributed by atoms with Gasteiger partial charge in [-0.15, -0.1) is 5.10 Å². The second-order valence-electron chi connectivity index (χ2n) is 10.5. The molecule has 37 heavy (non-hydrogen) atoms. The number of nitrogens with zero attached hydrogens (tertiary/aromatic N) is 5. The molecule has 8 nitrogen and oxygen atoms in total. The SMILES string of the molecule is [2H]C(Nc1cc(OC)c2ncc(C#N)c(NCC(C)(C)C)c2c1)(c1ccc(F)cc1)c1cn(C2CC2)nn1. The minimum absolute atomic E-state index is 0.0332. The Labute approximate surface area is 216 Å². The van der Waals surface area contributed by atoms with Crippen molar-refractivity contribution >= 4 is 22.3 Å². The van der Waals surface area contributed by atoms with E-state index in [1.807, 2.05) is 6.07 Å². The van der Waals surface area contributed by atoms with Crippen LogP contribution in [-0.2, 0) is 0 Å². The number of anilines is 2. The molecule has 1 atom stereocenters. The largest absolute Gasteiger partial charge is 0.494 e. The molecule has 1 saturated carbocycles. The summed E-state index contributed by atoms with van der Waals surface area (Å²) in [4.78, 5) is 4.49. The number of methoxy groups -OCH3 is 1. The minimum Gasteiger partial charge on any atom is -0.494 e. The Morgan fingerprint density at radius 3 is 2.68 bits per heavy atom. The number of fused-ring (bicyclic) bond motifs is 1. The Kier molecular flexibility index (Phi) is 6.08. The number of rotatable bonds is 8. The molecule has 0 spiro atoms. The van der Waals surface area contributed by atoms with E-state index in [-0.39, 0.29) is 5.41 Å². The fraction of sp³-hybridized carbons (Fsp3) is 0.357. The molecule has 1 aliphatic carbocycles. The van der Waals surface area contributed by atoms with Crippen molar-refractivity contribution in [2.45, 2.75) is 45.7 Å². The van der Waals surface area contributed by atoms with Crippen LogP contribution in [0, 0.1) is 22.6 Å². The van der Waals surface area contributed by atoms with Crippen LogP contribution in [0.5, 0.6) is 5.75 Å². The second kappa shape index (κ2) is 9.69. The summed E-state index contributed by atoms with van der Waals surface area (Å²) in [5.74, 6) is 0.0890. The maximum absolute atomic E-state index is 13.8. The Bertz CT molecular complexity index is 1520. The monoisotopic (exact) mass is 500 g/mol. The summed E-state index contributed by atoms with van der Waals surface area (Å²) in [5, 5.41) is 25.8. The number of nitrogens with one attached hydrogen (secondary N) is 2. The quantitative estimate of drug-likeness (QED) is 0.313. The molecule has 2 heterocycles. The molecule has 1 aliphatic rings. The molecule has 1 unspecified atom stereocenters. The van der Waals surface area contributed by atoms with Gasteiger partial charge in [-0.2, -0.15) is 5.26 Å². The third kappa shape index (κ3) is 5.33. The Morgan fingerprint density at radius 2 is 2.03 bits per heavy atom. The van der Waals surface area contributed by atoms with Crippen molar-refractivity contribution in [1.29, 1.82) is 5.26 Å². The molecule has 1 fully saturated rings. The van der Waals surface area contributed by atoms with Gasteiger partial charge in [0.25, 0.3) is 0 Å². The predicted molar refractivity (Wildman–Crippen MR) is 141 cm³/mol. The van der Waals surface area contributed by atoms with Crippen LogP contribution in [0.1, 0.15) is 63.9 Å². The minimum atomic E-state index is -1.58. The van der Waals surface area contributed by atoms with E-state index in [1.54, 1.807) is 36.2 Å². The highest BCUT2D eigenvalue weighted by molar-refractivity contribution is 5.99. The van der Waals surface area contributed by atoms with Crippen LogP contribution in [0.4, 0.5) is 15.8 Å². The number of halogens is 1. The van der Waals surface area contributed by atoms with Crippen molar-refractivity contribution in [2.75, 3.05) is 24.3 Å². The zero-order chi connectivity index (χ0) is 27.1.